The number of nitrogens with two attached hydrogens (primary N) is 1. The Kier molecular flexibility index (Phi) is 7.44. The number of hydrogen-bond donors (Lipinski definition) is 1. The molecule has 3 atom stereocenters. The van der Waals surface area contributed by atoms with Crippen LogP contribution in [-0.2, 0) is 4.79 Å². The van der Waals surface area contributed by atoms with Crippen molar-refractivity contribution in [1.29, 1.82) is 0 Å². The third kappa shape index (κ3) is 5.52. The Morgan fingerprint density at radius 2 is 2.05 bits per heavy atom. The molecule has 0 saturated carbocycles. The zero-order valence-corrected chi connectivity index (χ0v) is 13.0. The van der Waals surface area contributed by atoms with Crippen LogP contribution in [0.3, 0.4) is 0 Å². The van der Waals surface area contributed by atoms with Gasteiger partial charge in [0, 0.05) is 24.5 Å². The molecule has 1 saturated heterocycles. The first-order valence-electron chi connectivity index (χ1n) is 8.12. The van der Waals surface area contributed by atoms with E-state index in [1.165, 1.54) is 25.7 Å². The van der Waals surface area contributed by atoms with Crippen molar-refractivity contribution in [2.75, 3.05) is 6.54 Å². The summed E-state index contributed by atoms with van der Waals surface area (Å²) in [5.74, 6) is 0.541. The molecule has 0 aromatic rings. The molecule has 3 nitrogen and oxygen atoms in total. The van der Waals surface area contributed by atoms with Crippen LogP contribution >= 0.6 is 0 Å². The number of carbonyl (C=O) groups is 1. The van der Waals surface area contributed by atoms with Crippen LogP contribution in [-0.4, -0.2) is 29.4 Å². The number of likely N-dealkylation sites (tertiary alicyclic amines) is 1. The van der Waals surface area contributed by atoms with Gasteiger partial charge >= 0.3 is 0 Å². The molecule has 0 radical (unpaired) electrons. The molecule has 1 aliphatic heterocycles. The van der Waals surface area contributed by atoms with Crippen molar-refractivity contribution >= 4 is 5.91 Å². The van der Waals surface area contributed by atoms with Crippen molar-refractivity contribution < 1.29 is 4.79 Å². The average Bonchev–Trinajstić information content (AvgIpc) is 2.38. The monoisotopic (exact) mass is 268 g/mol. The Bertz CT molecular complexity index is 263. The van der Waals surface area contributed by atoms with Crippen LogP contribution in [0.1, 0.15) is 72.1 Å². The van der Waals surface area contributed by atoms with E-state index < -0.39 is 0 Å². The molecule has 1 heterocycles. The van der Waals surface area contributed by atoms with Crippen LogP contribution in [0.2, 0.25) is 0 Å². The normalized spacial score (nSPS) is 23.2. The number of carbonyl (C=O) groups excluding carboxylic acids is 1. The molecule has 2 N–H and O–H groups in total. The summed E-state index contributed by atoms with van der Waals surface area (Å²) in [6.07, 6.45) is 9.08. The molecule has 0 aromatic heterocycles. The topological polar surface area (TPSA) is 46.3 Å². The van der Waals surface area contributed by atoms with Crippen LogP contribution in [0.25, 0.3) is 0 Å². The summed E-state index contributed by atoms with van der Waals surface area (Å²) in [6.45, 7) is 7.31. The standard InChI is InChI=1S/C16H32N2O/c1-4-8-15-11-5-6-12-18(15)16(19)13(2)9-7-10-14(3)17/h13-15H,4-12,17H2,1-3H3. The van der Waals surface area contributed by atoms with E-state index in [4.69, 9.17) is 5.73 Å². The van der Waals surface area contributed by atoms with E-state index in [0.29, 0.717) is 11.9 Å². The van der Waals surface area contributed by atoms with Gasteiger partial charge in [-0.25, -0.2) is 0 Å². The van der Waals surface area contributed by atoms with Crippen LogP contribution < -0.4 is 5.73 Å². The summed E-state index contributed by atoms with van der Waals surface area (Å²) in [4.78, 5) is 14.7. The van der Waals surface area contributed by atoms with Crippen LogP contribution in [0.5, 0.6) is 0 Å². The van der Waals surface area contributed by atoms with Crippen molar-refractivity contribution in [2.45, 2.75) is 84.2 Å². The number of amides is 1. The van der Waals surface area contributed by atoms with Crippen molar-refractivity contribution in [1.82, 2.24) is 4.90 Å². The Morgan fingerprint density at radius 1 is 1.32 bits per heavy atom. The van der Waals surface area contributed by atoms with E-state index in [0.717, 1.165) is 32.2 Å². The van der Waals surface area contributed by atoms with Crippen molar-refractivity contribution in [3.8, 4) is 0 Å². The minimum Gasteiger partial charge on any atom is -0.339 e. The van der Waals surface area contributed by atoms with Gasteiger partial charge in [-0.3, -0.25) is 4.79 Å². The minimum absolute atomic E-state index is 0.163. The Labute approximate surface area is 118 Å². The summed E-state index contributed by atoms with van der Waals surface area (Å²) in [6, 6.07) is 0.757. The number of nitrogens with zero attached hydrogens (tertiary/aromatic N) is 1. The van der Waals surface area contributed by atoms with Crippen molar-refractivity contribution in [3.05, 3.63) is 0 Å². The maximum absolute atomic E-state index is 12.6. The SMILES string of the molecule is CCCC1CCCCN1C(=O)C(C)CCCC(C)N. The largest absolute Gasteiger partial charge is 0.339 e. The summed E-state index contributed by atoms with van der Waals surface area (Å²) < 4.78 is 0. The number of hydrogen-bond acceptors (Lipinski definition) is 2. The Balaban J connectivity index is 2.44. The minimum atomic E-state index is 0.163. The molecule has 1 aliphatic rings. The molecule has 19 heavy (non-hydrogen) atoms. The quantitative estimate of drug-likeness (QED) is 0.770. The number of piperidine rings is 1. The van der Waals surface area contributed by atoms with Crippen molar-refractivity contribution in [3.63, 3.8) is 0 Å². The van der Waals surface area contributed by atoms with Gasteiger partial charge in [0.1, 0.15) is 0 Å². The highest BCUT2D eigenvalue weighted by atomic mass is 16.2. The first kappa shape index (κ1) is 16.5. The predicted octanol–water partition coefficient (Wildman–Crippen LogP) is 3.32. The smallest absolute Gasteiger partial charge is 0.225 e. The van der Waals surface area contributed by atoms with Crippen LogP contribution in [0.4, 0.5) is 0 Å². The molecule has 1 rings (SSSR count). The number of rotatable bonds is 7. The molecule has 3 heteroatoms. The highest BCUT2D eigenvalue weighted by molar-refractivity contribution is 5.78. The molecule has 0 aliphatic carbocycles. The third-order valence-corrected chi connectivity index (χ3v) is 4.25. The second-order valence-electron chi connectivity index (χ2n) is 6.28. The molecular weight excluding hydrogens is 236 g/mol. The molecule has 0 bridgehead atoms. The van der Waals surface area contributed by atoms with Gasteiger partial charge in [-0.1, -0.05) is 26.7 Å². The molecule has 0 spiro atoms. The van der Waals surface area contributed by atoms with Gasteiger partial charge in [0.05, 0.1) is 0 Å². The molecule has 112 valence electrons. The zero-order chi connectivity index (χ0) is 14.3. The van der Waals surface area contributed by atoms with Gasteiger partial charge in [-0.05, 0) is 45.4 Å². The second-order valence-corrected chi connectivity index (χ2v) is 6.28. The zero-order valence-electron chi connectivity index (χ0n) is 13.0. The van der Waals surface area contributed by atoms with E-state index >= 15 is 0 Å². The van der Waals surface area contributed by atoms with E-state index in [2.05, 4.69) is 18.7 Å². The summed E-state index contributed by atoms with van der Waals surface area (Å²) >= 11 is 0. The van der Waals surface area contributed by atoms with Crippen LogP contribution in [0, 0.1) is 5.92 Å². The van der Waals surface area contributed by atoms with Gasteiger partial charge in [0.25, 0.3) is 0 Å². The van der Waals surface area contributed by atoms with E-state index in [-0.39, 0.29) is 12.0 Å². The molecule has 1 fully saturated rings. The second kappa shape index (κ2) is 8.57. The van der Waals surface area contributed by atoms with Crippen LogP contribution in [0.15, 0.2) is 0 Å². The molecule has 1 amide bonds. The first-order chi connectivity index (χ1) is 9.06. The molecule has 0 aromatic carbocycles. The van der Waals surface area contributed by atoms with E-state index in [1.807, 2.05) is 6.92 Å². The van der Waals surface area contributed by atoms with Gasteiger partial charge in [-0.15, -0.1) is 0 Å². The van der Waals surface area contributed by atoms with Crippen molar-refractivity contribution in [2.24, 2.45) is 11.7 Å². The molecular formula is C16H32N2O. The average molecular weight is 268 g/mol. The Hall–Kier alpha value is -0.570. The van der Waals surface area contributed by atoms with Gasteiger partial charge < -0.3 is 10.6 Å². The summed E-state index contributed by atoms with van der Waals surface area (Å²) in [7, 11) is 0. The van der Waals surface area contributed by atoms with E-state index in [9.17, 15) is 4.79 Å². The fourth-order valence-electron chi connectivity index (χ4n) is 3.08. The maximum Gasteiger partial charge on any atom is 0.225 e. The lowest BCUT2D eigenvalue weighted by Crippen LogP contribution is -2.46. The lowest BCUT2D eigenvalue weighted by molar-refractivity contribution is -0.139. The van der Waals surface area contributed by atoms with Gasteiger partial charge in [-0.2, -0.15) is 0 Å². The van der Waals surface area contributed by atoms with Gasteiger partial charge in [0.2, 0.25) is 5.91 Å². The van der Waals surface area contributed by atoms with E-state index in [1.54, 1.807) is 0 Å². The fourth-order valence-corrected chi connectivity index (χ4v) is 3.08. The lowest BCUT2D eigenvalue weighted by Gasteiger charge is -2.37. The fraction of sp³-hybridized carbons (Fsp3) is 0.938. The predicted molar refractivity (Wildman–Crippen MR) is 80.9 cm³/mol. The Morgan fingerprint density at radius 3 is 2.68 bits per heavy atom. The first-order valence-corrected chi connectivity index (χ1v) is 8.12. The maximum atomic E-state index is 12.6. The van der Waals surface area contributed by atoms with Gasteiger partial charge in [0.15, 0.2) is 0 Å². The summed E-state index contributed by atoms with van der Waals surface area (Å²) in [5, 5.41) is 0. The lowest BCUT2D eigenvalue weighted by atomic mass is 9.94. The highest BCUT2D eigenvalue weighted by Gasteiger charge is 2.28. The third-order valence-electron chi connectivity index (χ3n) is 4.25. The molecule has 3 unspecified atom stereocenters. The highest BCUT2D eigenvalue weighted by Crippen LogP contribution is 2.24. The summed E-state index contributed by atoms with van der Waals surface area (Å²) in [5.41, 5.74) is 5.76.